The monoisotopic (exact) mass is 453 g/mol. The fraction of sp³-hybridized carbons (Fsp3) is 0.400. The minimum Gasteiger partial charge on any atom is -0.480 e. The zero-order valence-corrected chi connectivity index (χ0v) is 19.2. The lowest BCUT2D eigenvalue weighted by atomic mass is 9.98. The Morgan fingerprint density at radius 2 is 1.55 bits per heavy atom. The van der Waals surface area contributed by atoms with Gasteiger partial charge in [0.15, 0.2) is 0 Å². The lowest BCUT2D eigenvalue weighted by Gasteiger charge is -2.23. The summed E-state index contributed by atoms with van der Waals surface area (Å²) in [7, 11) is 3.45. The molecule has 176 valence electrons. The number of rotatable bonds is 10. The van der Waals surface area contributed by atoms with Gasteiger partial charge in [-0.25, -0.2) is 9.59 Å². The van der Waals surface area contributed by atoms with Gasteiger partial charge < -0.3 is 25.4 Å². The molecule has 3 rings (SSSR count). The lowest BCUT2D eigenvalue weighted by Crippen LogP contribution is -2.54. The summed E-state index contributed by atoms with van der Waals surface area (Å²) >= 11 is 0. The van der Waals surface area contributed by atoms with E-state index in [-0.39, 0.29) is 19.1 Å². The first-order chi connectivity index (χ1) is 15.8. The molecular weight excluding hydrogens is 422 g/mol. The van der Waals surface area contributed by atoms with E-state index in [0.717, 1.165) is 22.3 Å². The minimum atomic E-state index is -1.13. The predicted octanol–water partition coefficient (Wildman–Crippen LogP) is 2.82. The summed E-state index contributed by atoms with van der Waals surface area (Å²) in [5, 5.41) is 14.5. The Morgan fingerprint density at radius 3 is 2.06 bits per heavy atom. The van der Waals surface area contributed by atoms with Gasteiger partial charge in [0.25, 0.3) is 0 Å². The normalized spacial score (nSPS) is 14.2. The van der Waals surface area contributed by atoms with E-state index in [9.17, 15) is 19.5 Å². The zero-order valence-electron chi connectivity index (χ0n) is 19.2. The van der Waals surface area contributed by atoms with Crippen LogP contribution in [0.15, 0.2) is 48.5 Å². The molecule has 0 saturated heterocycles. The molecule has 0 fully saturated rings. The second-order valence-corrected chi connectivity index (χ2v) is 8.47. The van der Waals surface area contributed by atoms with Crippen molar-refractivity contribution >= 4 is 18.0 Å². The number of ether oxygens (including phenoxy) is 1. The highest BCUT2D eigenvalue weighted by Crippen LogP contribution is 2.44. The number of hydrogen-bond donors (Lipinski definition) is 3. The summed E-state index contributed by atoms with van der Waals surface area (Å²) in [5.74, 6) is -1.76. The highest BCUT2D eigenvalue weighted by molar-refractivity contribution is 5.89. The number of hydrogen-bond acceptors (Lipinski definition) is 5. The van der Waals surface area contributed by atoms with E-state index in [0.29, 0.717) is 12.8 Å². The number of carboxylic acid groups (broad SMARTS) is 1. The maximum atomic E-state index is 12.7. The highest BCUT2D eigenvalue weighted by Gasteiger charge is 2.30. The van der Waals surface area contributed by atoms with Crippen molar-refractivity contribution in [1.82, 2.24) is 15.5 Å². The molecule has 0 unspecified atom stereocenters. The number of alkyl carbamates (subject to hydrolysis) is 1. The predicted molar refractivity (Wildman–Crippen MR) is 125 cm³/mol. The SMILES string of the molecule is CCC[C@@H](NC(=O)OCC1c2ccccc2-c2ccccc21)C(=O)N[C@@H](CN(C)C)C(=O)O. The van der Waals surface area contributed by atoms with Gasteiger partial charge in [-0.2, -0.15) is 0 Å². The van der Waals surface area contributed by atoms with E-state index in [1.807, 2.05) is 43.3 Å². The maximum absolute atomic E-state index is 12.7. The van der Waals surface area contributed by atoms with Crippen LogP contribution >= 0.6 is 0 Å². The van der Waals surface area contributed by atoms with Crippen LogP contribution in [0.5, 0.6) is 0 Å². The summed E-state index contributed by atoms with van der Waals surface area (Å²) in [6.07, 6.45) is 0.294. The standard InChI is InChI=1S/C25H31N3O5/c1-4-9-21(23(29)26-22(24(30)31)14-28(2)3)27-25(32)33-15-20-18-12-7-5-10-16(18)17-11-6-8-13-19(17)20/h5-8,10-13,20-22H,4,9,14-15H2,1-3H3,(H,26,29)(H,27,32)(H,30,31)/t21-,22+/m1/s1. The third-order valence-electron chi connectivity index (χ3n) is 5.69. The van der Waals surface area contributed by atoms with E-state index in [1.54, 1.807) is 19.0 Å². The van der Waals surface area contributed by atoms with Crippen molar-refractivity contribution in [2.75, 3.05) is 27.2 Å². The van der Waals surface area contributed by atoms with Crippen molar-refractivity contribution in [2.45, 2.75) is 37.8 Å². The van der Waals surface area contributed by atoms with Crippen LogP contribution in [0, 0.1) is 0 Å². The van der Waals surface area contributed by atoms with Gasteiger partial charge in [0, 0.05) is 12.5 Å². The van der Waals surface area contributed by atoms with Crippen LogP contribution in [0.1, 0.15) is 36.8 Å². The Labute approximate surface area is 193 Å². The number of amides is 2. The first-order valence-corrected chi connectivity index (χ1v) is 11.1. The number of fused-ring (bicyclic) bond motifs is 3. The number of nitrogens with zero attached hydrogens (tertiary/aromatic N) is 1. The van der Waals surface area contributed by atoms with Gasteiger partial charge in [0.1, 0.15) is 18.7 Å². The molecule has 0 heterocycles. The smallest absolute Gasteiger partial charge is 0.407 e. The van der Waals surface area contributed by atoms with Crippen LogP contribution in [0.4, 0.5) is 4.79 Å². The summed E-state index contributed by atoms with van der Waals surface area (Å²) in [4.78, 5) is 38.4. The molecule has 1 aliphatic rings. The summed E-state index contributed by atoms with van der Waals surface area (Å²) in [6.45, 7) is 2.16. The summed E-state index contributed by atoms with van der Waals surface area (Å²) in [5.41, 5.74) is 4.46. The molecule has 0 radical (unpaired) electrons. The number of carboxylic acids is 1. The molecule has 0 bridgehead atoms. The van der Waals surface area contributed by atoms with Gasteiger partial charge in [0.05, 0.1) is 0 Å². The number of benzene rings is 2. The van der Waals surface area contributed by atoms with Gasteiger partial charge in [0.2, 0.25) is 5.91 Å². The molecule has 2 aromatic carbocycles. The third-order valence-corrected chi connectivity index (χ3v) is 5.69. The Hall–Kier alpha value is -3.39. The second kappa shape index (κ2) is 11.0. The molecule has 33 heavy (non-hydrogen) atoms. The number of aliphatic carboxylic acids is 1. The lowest BCUT2D eigenvalue weighted by molar-refractivity contribution is -0.142. The van der Waals surface area contributed by atoms with Gasteiger partial charge in [-0.05, 0) is 42.8 Å². The Kier molecular flexibility index (Phi) is 8.06. The van der Waals surface area contributed by atoms with Crippen LogP contribution in [-0.4, -0.2) is 67.3 Å². The fourth-order valence-corrected chi connectivity index (χ4v) is 4.16. The van der Waals surface area contributed by atoms with Gasteiger partial charge >= 0.3 is 12.1 Å². The van der Waals surface area contributed by atoms with Crippen LogP contribution in [0.25, 0.3) is 11.1 Å². The molecule has 0 aromatic heterocycles. The third kappa shape index (κ3) is 5.90. The molecule has 8 heteroatoms. The largest absolute Gasteiger partial charge is 0.480 e. The Balaban J connectivity index is 1.64. The maximum Gasteiger partial charge on any atom is 0.407 e. The molecule has 0 spiro atoms. The molecule has 2 aromatic rings. The van der Waals surface area contributed by atoms with Crippen molar-refractivity contribution in [1.29, 1.82) is 0 Å². The average Bonchev–Trinajstić information content (AvgIpc) is 3.10. The van der Waals surface area contributed by atoms with Gasteiger partial charge in [-0.1, -0.05) is 61.9 Å². The average molecular weight is 454 g/mol. The quantitative estimate of drug-likeness (QED) is 0.511. The number of nitrogens with one attached hydrogen (secondary N) is 2. The molecule has 0 aliphatic heterocycles. The van der Waals surface area contributed by atoms with Crippen LogP contribution < -0.4 is 10.6 Å². The van der Waals surface area contributed by atoms with Crippen molar-refractivity contribution < 1.29 is 24.2 Å². The summed E-state index contributed by atoms with van der Waals surface area (Å²) < 4.78 is 5.53. The minimum absolute atomic E-state index is 0.0851. The number of carbonyl (C=O) groups is 3. The van der Waals surface area contributed by atoms with E-state index in [1.165, 1.54) is 0 Å². The van der Waals surface area contributed by atoms with Gasteiger partial charge in [-0.15, -0.1) is 0 Å². The molecule has 0 saturated carbocycles. The molecule has 2 atom stereocenters. The van der Waals surface area contributed by atoms with E-state index in [4.69, 9.17) is 4.74 Å². The molecule has 2 amide bonds. The van der Waals surface area contributed by atoms with E-state index >= 15 is 0 Å². The van der Waals surface area contributed by atoms with Crippen LogP contribution in [0.3, 0.4) is 0 Å². The van der Waals surface area contributed by atoms with Crippen molar-refractivity contribution in [3.05, 3.63) is 59.7 Å². The van der Waals surface area contributed by atoms with Gasteiger partial charge in [-0.3, -0.25) is 4.79 Å². The molecule has 3 N–H and O–H groups in total. The van der Waals surface area contributed by atoms with Crippen molar-refractivity contribution in [3.63, 3.8) is 0 Å². The highest BCUT2D eigenvalue weighted by atomic mass is 16.5. The van der Waals surface area contributed by atoms with E-state index < -0.39 is 30.1 Å². The van der Waals surface area contributed by atoms with Crippen molar-refractivity contribution in [3.8, 4) is 11.1 Å². The van der Waals surface area contributed by atoms with E-state index in [2.05, 4.69) is 22.8 Å². The number of likely N-dealkylation sites (N-methyl/N-ethyl adjacent to an activating group) is 1. The summed E-state index contributed by atoms with van der Waals surface area (Å²) in [6, 6.07) is 14.1. The first-order valence-electron chi connectivity index (χ1n) is 11.1. The van der Waals surface area contributed by atoms with Crippen molar-refractivity contribution in [2.24, 2.45) is 0 Å². The van der Waals surface area contributed by atoms with Crippen LogP contribution in [0.2, 0.25) is 0 Å². The second-order valence-electron chi connectivity index (χ2n) is 8.47. The number of carbonyl (C=O) groups excluding carboxylic acids is 2. The molecule has 8 nitrogen and oxygen atoms in total. The molecular formula is C25H31N3O5. The first kappa shape index (κ1) is 24.3. The Bertz CT molecular complexity index is 962. The Morgan fingerprint density at radius 1 is 0.970 bits per heavy atom. The molecule has 1 aliphatic carbocycles. The van der Waals surface area contributed by atoms with Crippen LogP contribution in [-0.2, 0) is 14.3 Å². The fourth-order valence-electron chi connectivity index (χ4n) is 4.16. The zero-order chi connectivity index (χ0) is 24.0. The topological polar surface area (TPSA) is 108 Å².